The molecule has 0 spiro atoms. The van der Waals surface area contributed by atoms with Crippen LogP contribution in [0.15, 0.2) is 53.4 Å². The predicted octanol–water partition coefficient (Wildman–Crippen LogP) is 2.81. The summed E-state index contributed by atoms with van der Waals surface area (Å²) >= 11 is 1.58. The minimum absolute atomic E-state index is 0.257. The van der Waals surface area contributed by atoms with Crippen LogP contribution < -0.4 is 15.2 Å². The molecule has 2 rings (SSSR count). The average Bonchev–Trinajstić information content (AvgIpc) is 2.53. The zero-order valence-electron chi connectivity index (χ0n) is 11.9. The van der Waals surface area contributed by atoms with Gasteiger partial charge in [0, 0.05) is 16.3 Å². The van der Waals surface area contributed by atoms with Crippen molar-refractivity contribution in [3.63, 3.8) is 0 Å². The van der Waals surface area contributed by atoms with E-state index in [4.69, 9.17) is 15.2 Å². The van der Waals surface area contributed by atoms with Crippen LogP contribution in [0, 0.1) is 0 Å². The summed E-state index contributed by atoms with van der Waals surface area (Å²) < 4.78 is 10.6. The zero-order chi connectivity index (χ0) is 15.1. The summed E-state index contributed by atoms with van der Waals surface area (Å²) in [6.07, 6.45) is -0.533. The van der Waals surface area contributed by atoms with E-state index >= 15 is 0 Å². The number of nitrogen functional groups attached to an aromatic ring is 1. The Labute approximate surface area is 128 Å². The first kappa shape index (κ1) is 15.5. The van der Waals surface area contributed by atoms with Crippen LogP contribution >= 0.6 is 11.8 Å². The summed E-state index contributed by atoms with van der Waals surface area (Å²) in [7, 11) is 1.64. The van der Waals surface area contributed by atoms with E-state index in [0.717, 1.165) is 10.6 Å². The Morgan fingerprint density at radius 2 is 1.67 bits per heavy atom. The van der Waals surface area contributed by atoms with Crippen LogP contribution in [-0.2, 0) is 0 Å². The monoisotopic (exact) mass is 305 g/mol. The van der Waals surface area contributed by atoms with Crippen molar-refractivity contribution in [2.45, 2.75) is 11.0 Å². The molecule has 0 heterocycles. The lowest BCUT2D eigenvalue weighted by Gasteiger charge is -2.12. The molecule has 0 aliphatic carbocycles. The van der Waals surface area contributed by atoms with Crippen LogP contribution in [0.3, 0.4) is 0 Å². The number of aliphatic hydroxyl groups is 1. The third-order valence-electron chi connectivity index (χ3n) is 2.82. The standard InChI is InChI=1S/C16H19NO3S/c1-19-14-6-8-16(9-7-14)21-11-13(18)10-20-15-4-2-12(17)3-5-15/h2-9,13,18H,10-11,17H2,1H3. The number of anilines is 1. The highest BCUT2D eigenvalue weighted by Gasteiger charge is 2.06. The van der Waals surface area contributed by atoms with Gasteiger partial charge in [-0.3, -0.25) is 0 Å². The number of hydrogen-bond acceptors (Lipinski definition) is 5. The first-order valence-electron chi connectivity index (χ1n) is 6.60. The number of aliphatic hydroxyl groups excluding tert-OH is 1. The second kappa shape index (κ2) is 7.81. The van der Waals surface area contributed by atoms with Crippen LogP contribution in [0.25, 0.3) is 0 Å². The second-order valence-electron chi connectivity index (χ2n) is 4.52. The molecular formula is C16H19NO3S. The Bertz CT molecular complexity index is 542. The molecule has 112 valence electrons. The van der Waals surface area contributed by atoms with E-state index in [2.05, 4.69) is 0 Å². The zero-order valence-corrected chi connectivity index (χ0v) is 12.7. The van der Waals surface area contributed by atoms with Gasteiger partial charge >= 0.3 is 0 Å². The molecule has 1 unspecified atom stereocenters. The molecule has 0 radical (unpaired) electrons. The second-order valence-corrected chi connectivity index (χ2v) is 5.61. The lowest BCUT2D eigenvalue weighted by Crippen LogP contribution is -2.20. The quantitative estimate of drug-likeness (QED) is 0.608. The molecule has 1 atom stereocenters. The fourth-order valence-electron chi connectivity index (χ4n) is 1.67. The molecular weight excluding hydrogens is 286 g/mol. The number of ether oxygens (including phenoxy) is 2. The van der Waals surface area contributed by atoms with E-state index in [-0.39, 0.29) is 6.61 Å². The molecule has 3 N–H and O–H groups in total. The summed E-state index contributed by atoms with van der Waals surface area (Å²) in [6, 6.07) is 14.9. The van der Waals surface area contributed by atoms with Crippen molar-refractivity contribution in [2.24, 2.45) is 0 Å². The molecule has 0 saturated heterocycles. The molecule has 21 heavy (non-hydrogen) atoms. The van der Waals surface area contributed by atoms with Gasteiger partial charge in [-0.25, -0.2) is 0 Å². The number of benzene rings is 2. The van der Waals surface area contributed by atoms with Gasteiger partial charge in [0.2, 0.25) is 0 Å². The molecule has 0 aromatic heterocycles. The predicted molar refractivity (Wildman–Crippen MR) is 86.1 cm³/mol. The Hall–Kier alpha value is -1.85. The minimum atomic E-state index is -0.533. The van der Waals surface area contributed by atoms with Crippen molar-refractivity contribution in [1.82, 2.24) is 0 Å². The van der Waals surface area contributed by atoms with Gasteiger partial charge in [-0.2, -0.15) is 0 Å². The smallest absolute Gasteiger partial charge is 0.119 e. The molecule has 2 aromatic carbocycles. The summed E-state index contributed by atoms with van der Waals surface area (Å²) in [5, 5.41) is 9.93. The van der Waals surface area contributed by atoms with Crippen molar-refractivity contribution in [2.75, 3.05) is 25.2 Å². The maximum absolute atomic E-state index is 9.93. The lowest BCUT2D eigenvalue weighted by molar-refractivity contribution is 0.126. The summed E-state index contributed by atoms with van der Waals surface area (Å²) in [4.78, 5) is 1.09. The van der Waals surface area contributed by atoms with E-state index < -0.39 is 6.10 Å². The van der Waals surface area contributed by atoms with Gasteiger partial charge in [0.25, 0.3) is 0 Å². The van der Waals surface area contributed by atoms with Crippen LogP contribution in [0.2, 0.25) is 0 Å². The van der Waals surface area contributed by atoms with Gasteiger partial charge in [0.15, 0.2) is 0 Å². The highest BCUT2D eigenvalue weighted by molar-refractivity contribution is 7.99. The van der Waals surface area contributed by atoms with Gasteiger partial charge < -0.3 is 20.3 Å². The van der Waals surface area contributed by atoms with Crippen LogP contribution in [-0.4, -0.2) is 30.7 Å². The first-order valence-corrected chi connectivity index (χ1v) is 7.59. The van der Waals surface area contributed by atoms with Gasteiger partial charge in [0.05, 0.1) is 13.2 Å². The third kappa shape index (κ3) is 5.21. The van der Waals surface area contributed by atoms with Crippen LogP contribution in [0.4, 0.5) is 5.69 Å². The van der Waals surface area contributed by atoms with E-state index in [9.17, 15) is 5.11 Å². The highest BCUT2D eigenvalue weighted by Crippen LogP contribution is 2.22. The number of hydrogen-bond donors (Lipinski definition) is 2. The molecule has 0 bridgehead atoms. The number of nitrogens with two attached hydrogens (primary N) is 1. The van der Waals surface area contributed by atoms with E-state index in [1.54, 1.807) is 43.1 Å². The normalized spacial score (nSPS) is 11.9. The number of methoxy groups -OCH3 is 1. The Morgan fingerprint density at radius 1 is 1.05 bits per heavy atom. The van der Waals surface area contributed by atoms with E-state index in [1.807, 2.05) is 24.3 Å². The highest BCUT2D eigenvalue weighted by atomic mass is 32.2. The SMILES string of the molecule is COc1ccc(SCC(O)COc2ccc(N)cc2)cc1. The molecule has 5 heteroatoms. The average molecular weight is 305 g/mol. The maximum atomic E-state index is 9.93. The minimum Gasteiger partial charge on any atom is -0.497 e. The summed E-state index contributed by atoms with van der Waals surface area (Å²) in [6.45, 7) is 0.257. The fraction of sp³-hybridized carbons (Fsp3) is 0.250. The first-order chi connectivity index (χ1) is 10.2. The number of rotatable bonds is 7. The summed E-state index contributed by atoms with van der Waals surface area (Å²) in [5.74, 6) is 2.10. The molecule has 0 aliphatic heterocycles. The maximum Gasteiger partial charge on any atom is 0.119 e. The number of thioether (sulfide) groups is 1. The van der Waals surface area contributed by atoms with Gasteiger partial charge in [-0.15, -0.1) is 11.8 Å². The molecule has 2 aromatic rings. The van der Waals surface area contributed by atoms with Crippen molar-refractivity contribution < 1.29 is 14.6 Å². The topological polar surface area (TPSA) is 64.7 Å². The van der Waals surface area contributed by atoms with Gasteiger partial charge in [-0.1, -0.05) is 0 Å². The Morgan fingerprint density at radius 3 is 2.29 bits per heavy atom. The van der Waals surface area contributed by atoms with Crippen molar-refractivity contribution in [3.05, 3.63) is 48.5 Å². The van der Waals surface area contributed by atoms with Crippen molar-refractivity contribution in [3.8, 4) is 11.5 Å². The molecule has 0 amide bonds. The largest absolute Gasteiger partial charge is 0.497 e. The molecule has 0 aliphatic rings. The Kier molecular flexibility index (Phi) is 5.78. The van der Waals surface area contributed by atoms with Crippen LogP contribution in [0.1, 0.15) is 0 Å². The third-order valence-corrected chi connectivity index (χ3v) is 3.98. The molecule has 0 fully saturated rings. The van der Waals surface area contributed by atoms with Gasteiger partial charge in [-0.05, 0) is 48.5 Å². The Balaban J connectivity index is 1.73. The molecule has 4 nitrogen and oxygen atoms in total. The lowest BCUT2D eigenvalue weighted by atomic mass is 10.3. The van der Waals surface area contributed by atoms with E-state index in [1.165, 1.54) is 0 Å². The summed E-state index contributed by atoms with van der Waals surface area (Å²) in [5.41, 5.74) is 6.29. The van der Waals surface area contributed by atoms with Gasteiger partial charge in [0.1, 0.15) is 18.1 Å². The fourth-order valence-corrected chi connectivity index (χ4v) is 2.48. The van der Waals surface area contributed by atoms with E-state index in [0.29, 0.717) is 17.2 Å². The van der Waals surface area contributed by atoms with Crippen LogP contribution in [0.5, 0.6) is 11.5 Å². The van der Waals surface area contributed by atoms with Crippen molar-refractivity contribution in [1.29, 1.82) is 0 Å². The van der Waals surface area contributed by atoms with Crippen molar-refractivity contribution >= 4 is 17.4 Å². The molecule has 0 saturated carbocycles.